The molecule has 1 heteroatoms. The van der Waals surface area contributed by atoms with Crippen LogP contribution in [0.15, 0.2) is 12.3 Å². The molecule has 1 nitrogen and oxygen atoms in total. The van der Waals surface area contributed by atoms with Crippen LogP contribution in [0.3, 0.4) is 0 Å². The van der Waals surface area contributed by atoms with E-state index >= 15 is 0 Å². The van der Waals surface area contributed by atoms with Crippen molar-refractivity contribution in [3.63, 3.8) is 0 Å². The first-order valence-corrected chi connectivity index (χ1v) is 3.61. The Hall–Kier alpha value is -0.460. The monoisotopic (exact) mass is 126 g/mol. The Bertz CT molecular complexity index is 101. The molecule has 0 unspecified atom stereocenters. The molecule has 0 aromatic rings. The van der Waals surface area contributed by atoms with Crippen LogP contribution in [0.1, 0.15) is 32.6 Å². The van der Waals surface area contributed by atoms with E-state index in [1.54, 1.807) is 0 Å². The van der Waals surface area contributed by atoms with E-state index in [1.807, 2.05) is 6.92 Å². The molecular formula is C8H14O. The van der Waals surface area contributed by atoms with Gasteiger partial charge in [0.15, 0.2) is 0 Å². The average molecular weight is 126 g/mol. The first-order chi connectivity index (χ1) is 4.29. The lowest BCUT2D eigenvalue weighted by Crippen LogP contribution is -2.04. The van der Waals surface area contributed by atoms with Gasteiger partial charge in [0.25, 0.3) is 0 Å². The number of hydrogen-bond acceptors (Lipinski definition) is 1. The zero-order valence-electron chi connectivity index (χ0n) is 6.02. The number of allylic oxidation sites excluding steroid dienone is 1. The highest BCUT2D eigenvalue weighted by atomic mass is 16.5. The lowest BCUT2D eigenvalue weighted by molar-refractivity contribution is 0.125. The van der Waals surface area contributed by atoms with Gasteiger partial charge in [-0.25, -0.2) is 0 Å². The second kappa shape index (κ2) is 2.90. The summed E-state index contributed by atoms with van der Waals surface area (Å²) in [7, 11) is 0. The molecule has 0 radical (unpaired) electrons. The van der Waals surface area contributed by atoms with Crippen molar-refractivity contribution in [2.45, 2.75) is 38.7 Å². The fourth-order valence-electron chi connectivity index (χ4n) is 1.29. The summed E-state index contributed by atoms with van der Waals surface area (Å²) in [6, 6.07) is 0. The van der Waals surface area contributed by atoms with Gasteiger partial charge in [0, 0.05) is 0 Å². The molecule has 0 heterocycles. The molecule has 0 aliphatic heterocycles. The van der Waals surface area contributed by atoms with Crippen LogP contribution in [-0.4, -0.2) is 6.10 Å². The van der Waals surface area contributed by atoms with Crippen LogP contribution >= 0.6 is 0 Å². The van der Waals surface area contributed by atoms with E-state index in [9.17, 15) is 0 Å². The van der Waals surface area contributed by atoms with E-state index in [4.69, 9.17) is 4.74 Å². The maximum absolute atomic E-state index is 5.42. The van der Waals surface area contributed by atoms with E-state index in [1.165, 1.54) is 25.7 Å². The molecule has 0 aromatic heterocycles. The van der Waals surface area contributed by atoms with Crippen molar-refractivity contribution in [2.24, 2.45) is 0 Å². The first-order valence-electron chi connectivity index (χ1n) is 3.61. The molecule has 9 heavy (non-hydrogen) atoms. The van der Waals surface area contributed by atoms with Crippen molar-refractivity contribution >= 4 is 0 Å². The molecular weight excluding hydrogens is 112 g/mol. The maximum Gasteiger partial charge on any atom is 0.0982 e. The molecule has 52 valence electrons. The van der Waals surface area contributed by atoms with Gasteiger partial charge in [-0.05, 0) is 32.6 Å². The fraction of sp³-hybridized carbons (Fsp3) is 0.750. The molecule has 0 N–H and O–H groups in total. The Balaban J connectivity index is 2.19. The van der Waals surface area contributed by atoms with Crippen molar-refractivity contribution in [1.82, 2.24) is 0 Å². The minimum atomic E-state index is 0.488. The van der Waals surface area contributed by atoms with Gasteiger partial charge >= 0.3 is 0 Å². The number of hydrogen-bond donors (Lipinski definition) is 0. The molecule has 1 aliphatic carbocycles. The molecule has 0 aromatic carbocycles. The zero-order chi connectivity index (χ0) is 6.69. The minimum Gasteiger partial charge on any atom is -0.496 e. The summed E-state index contributed by atoms with van der Waals surface area (Å²) >= 11 is 0. The Labute approximate surface area is 56.7 Å². The highest BCUT2D eigenvalue weighted by molar-refractivity contribution is 4.79. The highest BCUT2D eigenvalue weighted by Gasteiger charge is 2.15. The lowest BCUT2D eigenvalue weighted by atomic mass is 10.3. The van der Waals surface area contributed by atoms with Crippen LogP contribution in [-0.2, 0) is 4.74 Å². The van der Waals surface area contributed by atoms with Crippen molar-refractivity contribution in [3.8, 4) is 0 Å². The average Bonchev–Trinajstić information content (AvgIpc) is 2.15. The van der Waals surface area contributed by atoms with Crippen LogP contribution in [0.2, 0.25) is 0 Å². The topological polar surface area (TPSA) is 9.23 Å². The van der Waals surface area contributed by atoms with Gasteiger partial charge < -0.3 is 4.74 Å². The summed E-state index contributed by atoms with van der Waals surface area (Å²) in [5.41, 5.74) is 0. The summed E-state index contributed by atoms with van der Waals surface area (Å²) in [4.78, 5) is 0. The van der Waals surface area contributed by atoms with Crippen LogP contribution in [0.4, 0.5) is 0 Å². The van der Waals surface area contributed by atoms with Crippen molar-refractivity contribution in [1.29, 1.82) is 0 Å². The largest absolute Gasteiger partial charge is 0.496 e. The Morgan fingerprint density at radius 3 is 2.44 bits per heavy atom. The number of ether oxygens (including phenoxy) is 1. The third-order valence-electron chi connectivity index (χ3n) is 1.67. The molecule has 0 bridgehead atoms. The van der Waals surface area contributed by atoms with Gasteiger partial charge in [-0.2, -0.15) is 0 Å². The van der Waals surface area contributed by atoms with Crippen LogP contribution in [0.25, 0.3) is 0 Å². The van der Waals surface area contributed by atoms with E-state index in [0.717, 1.165) is 5.76 Å². The van der Waals surface area contributed by atoms with Gasteiger partial charge in [0.05, 0.1) is 11.9 Å². The Kier molecular flexibility index (Phi) is 2.15. The second-order valence-corrected chi connectivity index (χ2v) is 2.73. The predicted molar refractivity (Wildman–Crippen MR) is 38.2 cm³/mol. The summed E-state index contributed by atoms with van der Waals surface area (Å²) in [5, 5.41) is 0. The fourth-order valence-corrected chi connectivity index (χ4v) is 1.29. The Morgan fingerprint density at radius 1 is 1.44 bits per heavy atom. The summed E-state index contributed by atoms with van der Waals surface area (Å²) in [5.74, 6) is 0.863. The zero-order valence-corrected chi connectivity index (χ0v) is 6.02. The third-order valence-corrected chi connectivity index (χ3v) is 1.67. The number of rotatable bonds is 2. The van der Waals surface area contributed by atoms with Crippen molar-refractivity contribution in [2.75, 3.05) is 0 Å². The molecule has 1 aliphatic rings. The van der Waals surface area contributed by atoms with Gasteiger partial charge in [-0.3, -0.25) is 0 Å². The molecule has 1 saturated carbocycles. The summed E-state index contributed by atoms with van der Waals surface area (Å²) in [6.45, 7) is 5.61. The van der Waals surface area contributed by atoms with Gasteiger partial charge in [0.1, 0.15) is 0 Å². The van der Waals surface area contributed by atoms with Crippen molar-refractivity contribution < 1.29 is 4.74 Å². The smallest absolute Gasteiger partial charge is 0.0982 e. The first kappa shape index (κ1) is 6.66. The van der Waals surface area contributed by atoms with Crippen molar-refractivity contribution in [3.05, 3.63) is 12.3 Å². The normalized spacial score (nSPS) is 20.1. The maximum atomic E-state index is 5.42. The molecule has 0 saturated heterocycles. The van der Waals surface area contributed by atoms with Gasteiger partial charge in [0.2, 0.25) is 0 Å². The van der Waals surface area contributed by atoms with Gasteiger partial charge in [-0.15, -0.1) is 0 Å². The second-order valence-electron chi connectivity index (χ2n) is 2.73. The van der Waals surface area contributed by atoms with Gasteiger partial charge in [-0.1, -0.05) is 6.58 Å². The lowest BCUT2D eigenvalue weighted by Gasteiger charge is -2.11. The standard InChI is InChI=1S/C8H14O/c1-7(2)9-8-5-3-4-6-8/h8H,1,3-6H2,2H3. The summed E-state index contributed by atoms with van der Waals surface area (Å²) in [6.07, 6.45) is 5.61. The van der Waals surface area contributed by atoms with Crippen LogP contribution < -0.4 is 0 Å². The molecule has 0 spiro atoms. The minimum absolute atomic E-state index is 0.488. The molecule has 0 atom stereocenters. The molecule has 1 rings (SSSR count). The Morgan fingerprint density at radius 2 is 2.00 bits per heavy atom. The quantitative estimate of drug-likeness (QED) is 0.516. The molecule has 0 amide bonds. The predicted octanol–water partition coefficient (Wildman–Crippen LogP) is 2.48. The van der Waals surface area contributed by atoms with E-state index in [-0.39, 0.29) is 0 Å². The third kappa shape index (κ3) is 2.08. The highest BCUT2D eigenvalue weighted by Crippen LogP contribution is 2.22. The molecule has 1 fully saturated rings. The van der Waals surface area contributed by atoms with E-state index in [2.05, 4.69) is 6.58 Å². The van der Waals surface area contributed by atoms with Crippen LogP contribution in [0, 0.1) is 0 Å². The van der Waals surface area contributed by atoms with E-state index in [0.29, 0.717) is 6.10 Å². The summed E-state index contributed by atoms with van der Waals surface area (Å²) < 4.78 is 5.42. The van der Waals surface area contributed by atoms with Crippen LogP contribution in [0.5, 0.6) is 0 Å². The van der Waals surface area contributed by atoms with E-state index < -0.39 is 0 Å². The SMILES string of the molecule is C=C(C)OC1CCCC1.